The van der Waals surface area contributed by atoms with Crippen molar-refractivity contribution in [2.45, 2.75) is 39.0 Å². The van der Waals surface area contributed by atoms with Gasteiger partial charge in [0, 0.05) is 36.7 Å². The molecule has 96 valence electrons. The number of nitrogens with one attached hydrogen (secondary N) is 1. The molecule has 1 aromatic rings. The number of hydrogen-bond acceptors (Lipinski definition) is 4. The second-order valence-corrected chi connectivity index (χ2v) is 5.96. The molecule has 0 saturated heterocycles. The van der Waals surface area contributed by atoms with E-state index in [4.69, 9.17) is 5.73 Å². The second kappa shape index (κ2) is 6.12. The van der Waals surface area contributed by atoms with Gasteiger partial charge in [-0.3, -0.25) is 4.79 Å². The molecule has 0 aliphatic carbocycles. The first kappa shape index (κ1) is 14.1. The maximum absolute atomic E-state index is 11.2. The zero-order valence-electron chi connectivity index (χ0n) is 10.7. The monoisotopic (exact) mass is 255 g/mol. The van der Waals surface area contributed by atoms with Gasteiger partial charge in [-0.15, -0.1) is 11.3 Å². The van der Waals surface area contributed by atoms with Gasteiger partial charge in [-0.2, -0.15) is 0 Å². The van der Waals surface area contributed by atoms with E-state index in [2.05, 4.69) is 36.5 Å². The summed E-state index contributed by atoms with van der Waals surface area (Å²) in [5.41, 5.74) is 6.50. The summed E-state index contributed by atoms with van der Waals surface area (Å²) in [5.74, 6) is 0.0140. The second-order valence-electron chi connectivity index (χ2n) is 5.02. The van der Waals surface area contributed by atoms with Gasteiger partial charge in [-0.05, 0) is 0 Å². The fraction of sp³-hybridized carbons (Fsp3) is 0.667. The molecular weight excluding hydrogens is 234 g/mol. The third-order valence-electron chi connectivity index (χ3n) is 2.35. The predicted molar refractivity (Wildman–Crippen MR) is 71.2 cm³/mol. The molecule has 0 saturated carbocycles. The average molecular weight is 255 g/mol. The molecule has 0 aliphatic heterocycles. The summed E-state index contributed by atoms with van der Waals surface area (Å²) in [5, 5.41) is 5.99. The van der Waals surface area contributed by atoms with Crippen LogP contribution in [0, 0.1) is 0 Å². The van der Waals surface area contributed by atoms with Gasteiger partial charge in [0.2, 0.25) is 5.91 Å². The number of thiazole rings is 1. The van der Waals surface area contributed by atoms with E-state index < -0.39 is 0 Å². The number of rotatable bonds is 5. The van der Waals surface area contributed by atoms with Crippen LogP contribution >= 0.6 is 11.3 Å². The number of hydrogen-bond donors (Lipinski definition) is 2. The molecular formula is C12H21N3OS. The molecule has 0 bridgehead atoms. The maximum atomic E-state index is 11.2. The van der Waals surface area contributed by atoms with E-state index in [1.54, 1.807) is 11.3 Å². The molecule has 1 aromatic heterocycles. The molecule has 4 nitrogen and oxygen atoms in total. The Bertz CT molecular complexity index is 368. The molecule has 0 fully saturated rings. The molecule has 0 aliphatic rings. The first-order valence-corrected chi connectivity index (χ1v) is 6.73. The Labute approximate surface area is 107 Å². The van der Waals surface area contributed by atoms with Crippen molar-refractivity contribution in [3.05, 3.63) is 16.1 Å². The number of carbonyl (C=O) groups excluding carboxylic acids is 1. The highest BCUT2D eigenvalue weighted by atomic mass is 32.1. The van der Waals surface area contributed by atoms with Gasteiger partial charge in [0.25, 0.3) is 0 Å². The Morgan fingerprint density at radius 2 is 2.24 bits per heavy atom. The lowest BCUT2D eigenvalue weighted by Gasteiger charge is -2.14. The average Bonchev–Trinajstić information content (AvgIpc) is 2.66. The molecule has 3 N–H and O–H groups in total. The van der Waals surface area contributed by atoms with Crippen LogP contribution in [0.15, 0.2) is 5.38 Å². The van der Waals surface area contributed by atoms with Gasteiger partial charge < -0.3 is 11.1 Å². The number of amides is 1. The van der Waals surface area contributed by atoms with Crippen LogP contribution in [-0.4, -0.2) is 24.0 Å². The molecule has 0 unspecified atom stereocenters. The van der Waals surface area contributed by atoms with Crippen LogP contribution in [0.1, 0.15) is 37.9 Å². The van der Waals surface area contributed by atoms with Crippen molar-refractivity contribution in [3.8, 4) is 0 Å². The molecule has 1 amide bonds. The number of carbonyl (C=O) groups is 1. The number of nitrogens with two attached hydrogens (primary N) is 1. The third-order valence-corrected chi connectivity index (χ3v) is 3.26. The highest BCUT2D eigenvalue weighted by Crippen LogP contribution is 2.23. The zero-order chi connectivity index (χ0) is 12.9. The van der Waals surface area contributed by atoms with Gasteiger partial charge in [0.15, 0.2) is 0 Å². The highest BCUT2D eigenvalue weighted by molar-refractivity contribution is 7.09. The molecule has 5 heteroatoms. The molecule has 1 heterocycles. The molecule has 17 heavy (non-hydrogen) atoms. The summed E-state index contributed by atoms with van der Waals surface area (Å²) < 4.78 is 0. The van der Waals surface area contributed by atoms with Crippen molar-refractivity contribution in [2.24, 2.45) is 5.73 Å². The highest BCUT2D eigenvalue weighted by Gasteiger charge is 2.17. The summed E-state index contributed by atoms with van der Waals surface area (Å²) in [4.78, 5) is 15.8. The van der Waals surface area contributed by atoms with Gasteiger partial charge >= 0.3 is 0 Å². The van der Waals surface area contributed by atoms with Crippen molar-refractivity contribution in [1.29, 1.82) is 0 Å². The van der Waals surface area contributed by atoms with Crippen LogP contribution in [0.4, 0.5) is 0 Å². The lowest BCUT2D eigenvalue weighted by Crippen LogP contribution is -2.27. The summed E-state index contributed by atoms with van der Waals surface area (Å²) in [6.07, 6.45) is 1.18. The van der Waals surface area contributed by atoms with Crippen molar-refractivity contribution >= 4 is 17.2 Å². The summed E-state index contributed by atoms with van der Waals surface area (Å²) in [7, 11) is 0. The Balaban J connectivity index is 2.38. The minimum absolute atomic E-state index is 0.0140. The van der Waals surface area contributed by atoms with E-state index in [-0.39, 0.29) is 11.3 Å². The smallest absolute Gasteiger partial charge is 0.221 e. The van der Waals surface area contributed by atoms with Gasteiger partial charge in [-0.25, -0.2) is 4.98 Å². The summed E-state index contributed by atoms with van der Waals surface area (Å²) in [6.45, 7) is 7.48. The SMILES string of the molecule is CC(C)(C)c1csc(CCNC(=O)CCN)n1. The largest absolute Gasteiger partial charge is 0.356 e. The van der Waals surface area contributed by atoms with Crippen molar-refractivity contribution in [3.63, 3.8) is 0 Å². The van der Waals surface area contributed by atoms with Crippen molar-refractivity contribution in [1.82, 2.24) is 10.3 Å². The molecule has 0 radical (unpaired) electrons. The lowest BCUT2D eigenvalue weighted by atomic mass is 9.93. The first-order valence-electron chi connectivity index (χ1n) is 5.85. The van der Waals surface area contributed by atoms with Crippen LogP contribution in [-0.2, 0) is 16.6 Å². The van der Waals surface area contributed by atoms with E-state index in [0.717, 1.165) is 17.1 Å². The van der Waals surface area contributed by atoms with E-state index in [9.17, 15) is 4.79 Å². The van der Waals surface area contributed by atoms with Gasteiger partial charge in [-0.1, -0.05) is 20.8 Å². The Hall–Kier alpha value is -0.940. The Kier molecular flexibility index (Phi) is 5.08. The van der Waals surface area contributed by atoms with E-state index >= 15 is 0 Å². The predicted octanol–water partition coefficient (Wildman–Crippen LogP) is 1.45. The van der Waals surface area contributed by atoms with Crippen LogP contribution in [0.5, 0.6) is 0 Å². The standard InChI is InChI=1S/C12H21N3OS/c1-12(2,3)9-8-17-11(15-9)5-7-14-10(16)4-6-13/h8H,4-7,13H2,1-3H3,(H,14,16). The lowest BCUT2D eigenvalue weighted by molar-refractivity contribution is -0.120. The minimum Gasteiger partial charge on any atom is -0.356 e. The van der Waals surface area contributed by atoms with Crippen LogP contribution in [0.3, 0.4) is 0 Å². The van der Waals surface area contributed by atoms with E-state index in [0.29, 0.717) is 19.5 Å². The molecule has 0 atom stereocenters. The zero-order valence-corrected chi connectivity index (χ0v) is 11.6. The fourth-order valence-electron chi connectivity index (χ4n) is 1.30. The molecule has 0 spiro atoms. The van der Waals surface area contributed by atoms with E-state index in [1.165, 1.54) is 0 Å². The van der Waals surface area contributed by atoms with Gasteiger partial charge in [0.1, 0.15) is 0 Å². The Morgan fingerprint density at radius 3 is 2.76 bits per heavy atom. The Morgan fingerprint density at radius 1 is 1.53 bits per heavy atom. The fourth-order valence-corrected chi connectivity index (χ4v) is 2.32. The topological polar surface area (TPSA) is 68.0 Å². The minimum atomic E-state index is 0.0140. The third kappa shape index (κ3) is 4.83. The van der Waals surface area contributed by atoms with Gasteiger partial charge in [0.05, 0.1) is 10.7 Å². The van der Waals surface area contributed by atoms with Crippen LogP contribution < -0.4 is 11.1 Å². The molecule has 0 aromatic carbocycles. The maximum Gasteiger partial charge on any atom is 0.221 e. The van der Waals surface area contributed by atoms with Crippen molar-refractivity contribution < 1.29 is 4.79 Å². The van der Waals surface area contributed by atoms with Crippen molar-refractivity contribution in [2.75, 3.05) is 13.1 Å². The van der Waals surface area contributed by atoms with Crippen LogP contribution in [0.25, 0.3) is 0 Å². The quantitative estimate of drug-likeness (QED) is 0.836. The number of aromatic nitrogens is 1. The molecule has 1 rings (SSSR count). The first-order chi connectivity index (χ1) is 7.93. The summed E-state index contributed by atoms with van der Waals surface area (Å²) in [6, 6.07) is 0. The summed E-state index contributed by atoms with van der Waals surface area (Å²) >= 11 is 1.65. The van der Waals surface area contributed by atoms with E-state index in [1.807, 2.05) is 0 Å². The van der Waals surface area contributed by atoms with Crippen LogP contribution in [0.2, 0.25) is 0 Å². The number of nitrogens with zero attached hydrogens (tertiary/aromatic N) is 1. The normalized spacial score (nSPS) is 11.5.